The maximum Gasteiger partial charge on any atom is 0.345 e. The van der Waals surface area contributed by atoms with E-state index in [0.29, 0.717) is 0 Å². The summed E-state index contributed by atoms with van der Waals surface area (Å²) in [7, 11) is -0.0836. The lowest BCUT2D eigenvalue weighted by molar-refractivity contribution is -0.154. The summed E-state index contributed by atoms with van der Waals surface area (Å²) >= 11 is 0. The van der Waals surface area contributed by atoms with E-state index in [1.54, 1.807) is 13.8 Å². The highest BCUT2D eigenvalue weighted by Crippen LogP contribution is 2.42. The van der Waals surface area contributed by atoms with Gasteiger partial charge in [-0.2, -0.15) is 0 Å². The Morgan fingerprint density at radius 1 is 0.912 bits per heavy atom. The Hall–Kier alpha value is -3.55. The molecular weight excluding hydrogens is 440 g/mol. The van der Waals surface area contributed by atoms with Crippen LogP contribution in [0.1, 0.15) is 36.1 Å². The Kier molecular flexibility index (Phi) is 6.77. The smallest absolute Gasteiger partial charge is 0.345 e. The summed E-state index contributed by atoms with van der Waals surface area (Å²) in [5.74, 6) is 6.46. The fourth-order valence-electron chi connectivity index (χ4n) is 3.91. The van der Waals surface area contributed by atoms with Gasteiger partial charge in [0, 0.05) is 39.6 Å². The number of carbonyl (C=O) groups excluding carboxylic acids is 1. The van der Waals surface area contributed by atoms with E-state index in [-0.39, 0.29) is 17.1 Å². The van der Waals surface area contributed by atoms with Crippen LogP contribution in [0.25, 0.3) is 15.0 Å². The van der Waals surface area contributed by atoms with E-state index in [1.165, 1.54) is 15.0 Å². The molecule has 3 nitrogen and oxygen atoms in total. The summed E-state index contributed by atoms with van der Waals surface area (Å²) in [6, 6.07) is 22.9. The molecule has 0 aliphatic rings. The molecule has 4 aromatic rings. The molecule has 0 saturated heterocycles. The molecule has 0 spiro atoms. The third-order valence-corrected chi connectivity index (χ3v) is 7.57. The van der Waals surface area contributed by atoms with Crippen LogP contribution < -0.4 is 4.74 Å². The molecule has 0 amide bonds. The number of hydrogen-bond acceptors (Lipinski definition) is 3. The van der Waals surface area contributed by atoms with Gasteiger partial charge in [-0.25, -0.2) is 4.79 Å². The quantitative estimate of drug-likeness (QED) is 0.175. The van der Waals surface area contributed by atoms with Crippen LogP contribution in [0.5, 0.6) is 5.75 Å². The minimum Gasteiger partial charge on any atom is -0.481 e. The fraction of sp³-hybridized carbons (Fsp3) is 0.233. The Morgan fingerprint density at radius 3 is 2.32 bits per heavy atom. The molecule has 4 rings (SSSR count). The topological polar surface area (TPSA) is 35.5 Å². The van der Waals surface area contributed by atoms with E-state index < -0.39 is 11.6 Å². The van der Waals surface area contributed by atoms with Crippen LogP contribution in [0.3, 0.4) is 0 Å². The van der Waals surface area contributed by atoms with Crippen molar-refractivity contribution in [3.63, 3.8) is 0 Å². The maximum atomic E-state index is 12.5. The summed E-state index contributed by atoms with van der Waals surface area (Å²) in [4.78, 5) is 13.8. The van der Waals surface area contributed by atoms with Gasteiger partial charge in [-0.05, 0) is 69.5 Å². The largest absolute Gasteiger partial charge is 0.481 e. The van der Waals surface area contributed by atoms with Gasteiger partial charge in [0.05, 0.1) is 0 Å². The van der Waals surface area contributed by atoms with Gasteiger partial charge in [0.15, 0.2) is 21.8 Å². The van der Waals surface area contributed by atoms with Crippen molar-refractivity contribution in [2.45, 2.75) is 40.2 Å². The van der Waals surface area contributed by atoms with Gasteiger partial charge < -0.3 is 9.47 Å². The Morgan fingerprint density at radius 2 is 1.59 bits per heavy atom. The molecule has 1 aromatic heterocycles. The molecule has 4 heteroatoms. The van der Waals surface area contributed by atoms with Crippen molar-refractivity contribution >= 4 is 26.5 Å². The Labute approximate surface area is 204 Å². The lowest BCUT2D eigenvalue weighted by atomic mass is 10.1. The first-order chi connectivity index (χ1) is 16.2. The highest BCUT2D eigenvalue weighted by atomic mass is 32.2. The minimum absolute atomic E-state index is 0.0836. The lowest BCUT2D eigenvalue weighted by Crippen LogP contribution is -2.29. The second-order valence-corrected chi connectivity index (χ2v) is 10.8. The second-order valence-electron chi connectivity index (χ2n) is 8.90. The maximum absolute atomic E-state index is 12.5. The third-order valence-electron chi connectivity index (χ3n) is 5.57. The highest BCUT2D eigenvalue weighted by molar-refractivity contribution is 7.43. The monoisotopic (exact) mass is 469 g/mol. The summed E-state index contributed by atoms with van der Waals surface area (Å²) in [6.45, 7) is 9.46. The van der Waals surface area contributed by atoms with E-state index in [2.05, 4.69) is 59.7 Å². The van der Waals surface area contributed by atoms with Gasteiger partial charge in [0.2, 0.25) is 0 Å². The minimum atomic E-state index is -0.917. The van der Waals surface area contributed by atoms with Crippen molar-refractivity contribution in [3.05, 3.63) is 94.4 Å². The number of carbonyl (C=O) groups is 1. The molecule has 172 valence electrons. The van der Waals surface area contributed by atoms with E-state index in [4.69, 9.17) is 9.47 Å². The van der Waals surface area contributed by atoms with Gasteiger partial charge in [-0.3, -0.25) is 0 Å². The predicted molar refractivity (Wildman–Crippen MR) is 141 cm³/mol. The van der Waals surface area contributed by atoms with Gasteiger partial charge in [-0.15, -0.1) is 0 Å². The molecule has 1 heterocycles. The molecular formula is C30H29O3S+. The van der Waals surface area contributed by atoms with Crippen molar-refractivity contribution in [1.82, 2.24) is 0 Å². The average molecular weight is 470 g/mol. The average Bonchev–Trinajstić information content (AvgIpc) is 3.22. The van der Waals surface area contributed by atoms with E-state index in [9.17, 15) is 4.79 Å². The van der Waals surface area contributed by atoms with E-state index in [1.807, 2.05) is 45.0 Å². The summed E-state index contributed by atoms with van der Waals surface area (Å²) in [5.41, 5.74) is 3.11. The number of benzene rings is 3. The lowest BCUT2D eigenvalue weighted by Gasteiger charge is -2.19. The number of fused-ring (bicyclic) bond motifs is 1. The molecule has 0 bridgehead atoms. The molecule has 0 aliphatic heterocycles. The van der Waals surface area contributed by atoms with Crippen molar-refractivity contribution in [3.8, 4) is 22.5 Å². The molecule has 0 aliphatic carbocycles. The number of ether oxygens (including phenoxy) is 2. The Balaban J connectivity index is 1.44. The number of aryl methyl sites for hydroxylation is 3. The zero-order chi connectivity index (χ0) is 24.3. The second kappa shape index (κ2) is 9.75. The van der Waals surface area contributed by atoms with Gasteiger partial charge >= 0.3 is 5.97 Å². The standard InChI is InChI=1S/C30H29O3S/c1-21-10-6-7-11-24(21)14-16-30(4,5)33-28(31)20-32-29-22(2)18-26(19-23(29)3)34-17-15-25-12-8-9-13-27(25)34/h6-13,15,17-19H,20H2,1-5H3/q+1. The predicted octanol–water partition coefficient (Wildman–Crippen LogP) is 7.26. The molecule has 0 fully saturated rings. The summed E-state index contributed by atoms with van der Waals surface area (Å²) in [5, 5.41) is 3.54. The van der Waals surface area contributed by atoms with Crippen molar-refractivity contribution in [2.24, 2.45) is 0 Å². The fourth-order valence-corrected chi connectivity index (χ4v) is 5.97. The number of hydrogen-bond donors (Lipinski definition) is 0. The van der Waals surface area contributed by atoms with Gasteiger partial charge in [0.1, 0.15) is 11.1 Å². The normalized spacial score (nSPS) is 11.6. The molecule has 1 atom stereocenters. The highest BCUT2D eigenvalue weighted by Gasteiger charge is 2.22. The number of rotatable bonds is 5. The van der Waals surface area contributed by atoms with Crippen molar-refractivity contribution < 1.29 is 14.3 Å². The molecule has 3 aromatic carbocycles. The summed E-state index contributed by atoms with van der Waals surface area (Å²) in [6.07, 6.45) is 0. The molecule has 1 unspecified atom stereocenters. The van der Waals surface area contributed by atoms with E-state index >= 15 is 0 Å². The SMILES string of the molecule is Cc1ccccc1C#CC(C)(C)OC(=O)COc1c(C)cc(-[s+]2ccc3ccccc32)cc1C. The van der Waals surface area contributed by atoms with Crippen LogP contribution >= 0.6 is 10.5 Å². The summed E-state index contributed by atoms with van der Waals surface area (Å²) < 4.78 is 12.8. The zero-order valence-corrected chi connectivity index (χ0v) is 21.1. The van der Waals surface area contributed by atoms with Crippen LogP contribution in [0, 0.1) is 32.6 Å². The first kappa shape index (κ1) is 23.6. The van der Waals surface area contributed by atoms with Crippen LogP contribution in [-0.4, -0.2) is 18.2 Å². The van der Waals surface area contributed by atoms with E-state index in [0.717, 1.165) is 28.0 Å². The van der Waals surface area contributed by atoms with Crippen molar-refractivity contribution in [2.75, 3.05) is 6.61 Å². The van der Waals surface area contributed by atoms with Crippen LogP contribution in [0.15, 0.2) is 72.1 Å². The molecule has 0 saturated carbocycles. The van der Waals surface area contributed by atoms with Crippen LogP contribution in [-0.2, 0) is 9.53 Å². The first-order valence-corrected chi connectivity index (χ1v) is 12.6. The number of esters is 1. The first-order valence-electron chi connectivity index (χ1n) is 11.3. The molecule has 0 radical (unpaired) electrons. The third kappa shape index (κ3) is 5.32. The Bertz CT molecular complexity index is 1390. The van der Waals surface area contributed by atoms with Crippen molar-refractivity contribution in [1.29, 1.82) is 0 Å². The van der Waals surface area contributed by atoms with Gasteiger partial charge in [0.25, 0.3) is 0 Å². The molecule has 34 heavy (non-hydrogen) atoms. The molecule has 0 N–H and O–H groups in total. The zero-order valence-electron chi connectivity index (χ0n) is 20.3. The van der Waals surface area contributed by atoms with Crippen LogP contribution in [0.4, 0.5) is 0 Å². The van der Waals surface area contributed by atoms with Crippen LogP contribution in [0.2, 0.25) is 0 Å². The van der Waals surface area contributed by atoms with Gasteiger partial charge in [-0.1, -0.05) is 42.2 Å². The number of thiophene rings is 1.